The number of rotatable bonds is 11. The van der Waals surface area contributed by atoms with E-state index < -0.39 is 40.2 Å². The Bertz CT molecular complexity index is 1460. The van der Waals surface area contributed by atoms with Crippen molar-refractivity contribution >= 4 is 39.1 Å². The Morgan fingerprint density at radius 2 is 1.65 bits per heavy atom. The quantitative estimate of drug-likeness (QED) is 0.315. The molecule has 0 aliphatic carbocycles. The van der Waals surface area contributed by atoms with E-state index in [4.69, 9.17) is 11.6 Å². The lowest BCUT2D eigenvalue weighted by Crippen LogP contribution is -2.52. The van der Waals surface area contributed by atoms with Crippen molar-refractivity contribution in [2.24, 2.45) is 0 Å². The van der Waals surface area contributed by atoms with Gasteiger partial charge >= 0.3 is 0 Å². The number of halogens is 2. The maximum atomic E-state index is 14.7. The summed E-state index contributed by atoms with van der Waals surface area (Å²) in [6.45, 7) is 7.99. The molecule has 0 aromatic heterocycles. The van der Waals surface area contributed by atoms with Crippen molar-refractivity contribution < 1.29 is 22.4 Å². The second-order valence-electron chi connectivity index (χ2n) is 9.86. The van der Waals surface area contributed by atoms with Gasteiger partial charge in [-0.05, 0) is 70.0 Å². The van der Waals surface area contributed by atoms with Crippen LogP contribution in [0, 0.1) is 19.7 Å². The zero-order chi connectivity index (χ0) is 29.6. The molecule has 0 spiro atoms. The minimum Gasteiger partial charge on any atom is -0.352 e. The van der Waals surface area contributed by atoms with Crippen molar-refractivity contribution in [1.82, 2.24) is 10.2 Å². The summed E-state index contributed by atoms with van der Waals surface area (Å²) in [6, 6.07) is 15.9. The average Bonchev–Trinajstić information content (AvgIpc) is 2.92. The molecule has 10 heteroatoms. The molecule has 214 valence electrons. The molecule has 3 rings (SSSR count). The van der Waals surface area contributed by atoms with Crippen LogP contribution >= 0.6 is 11.6 Å². The second kappa shape index (κ2) is 13.3. The van der Waals surface area contributed by atoms with Crippen LogP contribution in [0.2, 0.25) is 5.02 Å². The van der Waals surface area contributed by atoms with Gasteiger partial charge in [0.1, 0.15) is 18.4 Å². The van der Waals surface area contributed by atoms with E-state index in [1.807, 2.05) is 20.8 Å². The van der Waals surface area contributed by atoms with Gasteiger partial charge in [0.25, 0.3) is 10.0 Å². The molecule has 0 radical (unpaired) electrons. The van der Waals surface area contributed by atoms with Crippen molar-refractivity contribution in [3.63, 3.8) is 0 Å². The molecule has 0 aliphatic heterocycles. The van der Waals surface area contributed by atoms with Crippen LogP contribution < -0.4 is 9.62 Å². The molecule has 40 heavy (non-hydrogen) atoms. The zero-order valence-corrected chi connectivity index (χ0v) is 24.9. The average molecular weight is 588 g/mol. The molecular weight excluding hydrogens is 553 g/mol. The Kier molecular flexibility index (Phi) is 10.3. The molecule has 0 fully saturated rings. The number of benzene rings is 3. The molecule has 7 nitrogen and oxygen atoms in total. The van der Waals surface area contributed by atoms with E-state index in [2.05, 4.69) is 5.32 Å². The molecule has 1 N–H and O–H groups in total. The van der Waals surface area contributed by atoms with E-state index in [1.165, 1.54) is 41.3 Å². The highest BCUT2D eigenvalue weighted by atomic mass is 35.5. The zero-order valence-electron chi connectivity index (χ0n) is 23.3. The summed E-state index contributed by atoms with van der Waals surface area (Å²) in [5.74, 6) is -1.64. The monoisotopic (exact) mass is 587 g/mol. The van der Waals surface area contributed by atoms with E-state index in [0.717, 1.165) is 9.87 Å². The van der Waals surface area contributed by atoms with Crippen molar-refractivity contribution in [3.05, 3.63) is 94.3 Å². The predicted octanol–water partition coefficient (Wildman–Crippen LogP) is 5.62. The van der Waals surface area contributed by atoms with Crippen LogP contribution in [0.25, 0.3) is 0 Å². The first-order valence-electron chi connectivity index (χ1n) is 13.0. The molecular formula is C30H35ClFN3O4S. The van der Waals surface area contributed by atoms with Crippen LogP contribution in [0.1, 0.15) is 43.9 Å². The number of carbonyl (C=O) groups excluding carboxylic acids is 2. The van der Waals surface area contributed by atoms with Gasteiger partial charge in [-0.3, -0.25) is 13.9 Å². The fourth-order valence-corrected chi connectivity index (χ4v) is 5.70. The highest BCUT2D eigenvalue weighted by Crippen LogP contribution is 2.30. The van der Waals surface area contributed by atoms with Crippen molar-refractivity contribution in [2.45, 2.75) is 64.6 Å². The first-order chi connectivity index (χ1) is 18.8. The van der Waals surface area contributed by atoms with Crippen molar-refractivity contribution in [2.75, 3.05) is 10.8 Å². The molecule has 0 bridgehead atoms. The lowest BCUT2D eigenvalue weighted by atomic mass is 10.1. The van der Waals surface area contributed by atoms with E-state index in [0.29, 0.717) is 17.0 Å². The Morgan fingerprint density at radius 1 is 1.00 bits per heavy atom. The maximum absolute atomic E-state index is 14.7. The highest BCUT2D eigenvalue weighted by molar-refractivity contribution is 7.92. The third-order valence-electron chi connectivity index (χ3n) is 6.79. The van der Waals surface area contributed by atoms with Gasteiger partial charge in [0.05, 0.1) is 10.6 Å². The van der Waals surface area contributed by atoms with Crippen molar-refractivity contribution in [3.8, 4) is 0 Å². The smallest absolute Gasteiger partial charge is 0.264 e. The predicted molar refractivity (Wildman–Crippen MR) is 156 cm³/mol. The SMILES string of the molecule is CCC(C)NC(=O)C(C)N(Cc1ccccc1F)C(=O)CN(c1cc(Cl)ccc1C)S(=O)(=O)c1ccc(C)cc1. The molecule has 2 amide bonds. The number of aryl methyl sites for hydroxylation is 2. The molecule has 3 aromatic rings. The van der Waals surface area contributed by atoms with Gasteiger partial charge in [0, 0.05) is 23.2 Å². The van der Waals surface area contributed by atoms with Crippen LogP contribution in [0.5, 0.6) is 0 Å². The van der Waals surface area contributed by atoms with Crippen molar-refractivity contribution in [1.29, 1.82) is 0 Å². The minimum absolute atomic E-state index is 0.00603. The molecule has 0 saturated carbocycles. The normalized spacial score (nSPS) is 12.9. The summed E-state index contributed by atoms with van der Waals surface area (Å²) in [6.07, 6.45) is 0.677. The van der Waals surface area contributed by atoms with E-state index in [9.17, 15) is 22.4 Å². The van der Waals surface area contributed by atoms with Crippen LogP contribution in [0.3, 0.4) is 0 Å². The van der Waals surface area contributed by atoms with Gasteiger partial charge in [0.2, 0.25) is 11.8 Å². The van der Waals surface area contributed by atoms with Crippen LogP contribution in [-0.2, 0) is 26.2 Å². The number of carbonyl (C=O) groups is 2. The largest absolute Gasteiger partial charge is 0.352 e. The van der Waals surface area contributed by atoms with Crippen LogP contribution in [0.15, 0.2) is 71.6 Å². The van der Waals surface area contributed by atoms with Gasteiger partial charge in [-0.2, -0.15) is 0 Å². The number of nitrogens with zero attached hydrogens (tertiary/aromatic N) is 2. The Balaban J connectivity index is 2.08. The highest BCUT2D eigenvalue weighted by Gasteiger charge is 2.33. The van der Waals surface area contributed by atoms with Crippen LogP contribution in [0.4, 0.5) is 10.1 Å². The first kappa shape index (κ1) is 31.1. The second-order valence-corrected chi connectivity index (χ2v) is 12.2. The van der Waals surface area contributed by atoms with Gasteiger partial charge in [-0.25, -0.2) is 12.8 Å². The molecule has 0 heterocycles. The molecule has 3 aromatic carbocycles. The van der Waals surface area contributed by atoms with Crippen LogP contribution in [-0.4, -0.2) is 43.8 Å². The summed E-state index contributed by atoms with van der Waals surface area (Å²) in [7, 11) is -4.24. The number of hydrogen-bond acceptors (Lipinski definition) is 4. The summed E-state index contributed by atoms with van der Waals surface area (Å²) in [4.78, 5) is 28.2. The lowest BCUT2D eigenvalue weighted by Gasteiger charge is -2.33. The summed E-state index contributed by atoms with van der Waals surface area (Å²) in [5, 5.41) is 3.15. The minimum atomic E-state index is -4.24. The number of amides is 2. The number of hydrogen-bond donors (Lipinski definition) is 1. The topological polar surface area (TPSA) is 86.8 Å². The van der Waals surface area contributed by atoms with E-state index in [-0.39, 0.29) is 28.7 Å². The summed E-state index contributed by atoms with van der Waals surface area (Å²) < 4.78 is 43.5. The van der Waals surface area contributed by atoms with Gasteiger partial charge in [-0.15, -0.1) is 0 Å². The molecule has 0 saturated heterocycles. The Morgan fingerprint density at radius 3 is 2.27 bits per heavy atom. The third kappa shape index (κ3) is 7.40. The van der Waals surface area contributed by atoms with Gasteiger partial charge in [-0.1, -0.05) is 60.5 Å². The maximum Gasteiger partial charge on any atom is 0.264 e. The fraction of sp³-hybridized carbons (Fsp3) is 0.333. The Hall–Kier alpha value is -3.43. The fourth-order valence-electron chi connectivity index (χ4n) is 4.06. The molecule has 2 atom stereocenters. The standard InChI is InChI=1S/C30H35ClFN3O4S/c1-6-22(4)33-30(37)23(5)34(18-24-9-7-8-10-27(24)32)29(36)19-35(28-17-25(31)14-13-21(28)3)40(38,39)26-15-11-20(2)12-16-26/h7-17,22-23H,6,18-19H2,1-5H3,(H,33,37). The van der Waals surface area contributed by atoms with E-state index in [1.54, 1.807) is 44.2 Å². The van der Waals surface area contributed by atoms with Gasteiger partial charge in [0.15, 0.2) is 0 Å². The number of anilines is 1. The Labute approximate surface area is 241 Å². The van der Waals surface area contributed by atoms with E-state index >= 15 is 0 Å². The number of nitrogens with one attached hydrogen (secondary N) is 1. The molecule has 0 aliphatic rings. The lowest BCUT2D eigenvalue weighted by molar-refractivity contribution is -0.139. The third-order valence-corrected chi connectivity index (χ3v) is 8.80. The molecule has 2 unspecified atom stereocenters. The summed E-state index contributed by atoms with van der Waals surface area (Å²) in [5.41, 5.74) is 1.88. The first-order valence-corrected chi connectivity index (χ1v) is 14.9. The van der Waals surface area contributed by atoms with Gasteiger partial charge < -0.3 is 10.2 Å². The number of sulfonamides is 1. The summed E-state index contributed by atoms with van der Waals surface area (Å²) >= 11 is 6.24.